The summed E-state index contributed by atoms with van der Waals surface area (Å²) in [6.07, 6.45) is 3.46. The van der Waals surface area contributed by atoms with Gasteiger partial charge in [0.1, 0.15) is 0 Å². The highest BCUT2D eigenvalue weighted by molar-refractivity contribution is 6.33. The topological polar surface area (TPSA) is 58.4 Å². The number of nitrogens with one attached hydrogen (secondary N) is 1. The molecule has 1 aromatic rings. The number of rotatable bonds is 2. The first-order chi connectivity index (χ1) is 8.16. The van der Waals surface area contributed by atoms with E-state index in [0.29, 0.717) is 16.3 Å². The summed E-state index contributed by atoms with van der Waals surface area (Å²) in [5, 5.41) is 2.36. The molecular weight excluding hydrogens is 238 g/mol. The molecule has 0 radical (unpaired) electrons. The van der Waals surface area contributed by atoms with Gasteiger partial charge in [-0.15, -0.1) is 0 Å². The first-order valence-corrected chi connectivity index (χ1v) is 6.15. The maximum atomic E-state index is 12.0. The summed E-state index contributed by atoms with van der Waals surface area (Å²) in [6, 6.07) is 4.92. The maximum Gasteiger partial charge on any atom is 0.267 e. The van der Waals surface area contributed by atoms with Gasteiger partial charge in [-0.05, 0) is 31.0 Å². The summed E-state index contributed by atoms with van der Waals surface area (Å²) in [6.45, 7) is 1.79. The highest BCUT2D eigenvalue weighted by atomic mass is 35.5. The number of benzene rings is 1. The lowest BCUT2D eigenvalue weighted by Gasteiger charge is -2.26. The molecule has 0 spiro atoms. The molecule has 0 saturated carbocycles. The zero-order chi connectivity index (χ0) is 12.3. The number of piperidine rings is 1. The molecule has 1 heterocycles. The summed E-state index contributed by atoms with van der Waals surface area (Å²) in [4.78, 5) is 12.0. The van der Waals surface area contributed by atoms with E-state index in [4.69, 9.17) is 17.3 Å². The summed E-state index contributed by atoms with van der Waals surface area (Å²) in [5.74, 6) is -0.191. The van der Waals surface area contributed by atoms with E-state index in [-0.39, 0.29) is 5.91 Å². The summed E-state index contributed by atoms with van der Waals surface area (Å²) in [7, 11) is 0. The molecule has 1 fully saturated rings. The number of hydrogen-bond acceptors (Lipinski definition) is 3. The number of carbonyl (C=O) groups is 1. The minimum Gasteiger partial charge on any atom is -0.399 e. The minimum atomic E-state index is -0.191. The third-order valence-corrected chi connectivity index (χ3v) is 3.18. The van der Waals surface area contributed by atoms with Crippen LogP contribution in [0.15, 0.2) is 18.2 Å². The van der Waals surface area contributed by atoms with Crippen molar-refractivity contribution in [3.63, 3.8) is 0 Å². The Labute approximate surface area is 106 Å². The Morgan fingerprint density at radius 3 is 2.71 bits per heavy atom. The Morgan fingerprint density at radius 2 is 2.00 bits per heavy atom. The van der Waals surface area contributed by atoms with E-state index in [9.17, 15) is 4.79 Å². The second-order valence-electron chi connectivity index (χ2n) is 4.23. The standard InChI is InChI=1S/C12H16ClN3O/c13-11-5-4-9(14)8-10(11)12(17)15-16-6-2-1-3-7-16/h4-5,8H,1-3,6-7,14H2,(H,15,17). The van der Waals surface area contributed by atoms with Gasteiger partial charge in [0.25, 0.3) is 5.91 Å². The fourth-order valence-electron chi connectivity index (χ4n) is 1.93. The van der Waals surface area contributed by atoms with Crippen LogP contribution in [0.25, 0.3) is 0 Å². The third-order valence-electron chi connectivity index (χ3n) is 2.85. The van der Waals surface area contributed by atoms with Gasteiger partial charge in [-0.1, -0.05) is 18.0 Å². The second-order valence-corrected chi connectivity index (χ2v) is 4.64. The molecule has 4 nitrogen and oxygen atoms in total. The normalized spacial score (nSPS) is 16.8. The number of amides is 1. The lowest BCUT2D eigenvalue weighted by atomic mass is 10.1. The fourth-order valence-corrected chi connectivity index (χ4v) is 2.13. The fraction of sp³-hybridized carbons (Fsp3) is 0.417. The molecule has 0 atom stereocenters. The van der Waals surface area contributed by atoms with Crippen LogP contribution >= 0.6 is 11.6 Å². The van der Waals surface area contributed by atoms with E-state index >= 15 is 0 Å². The maximum absolute atomic E-state index is 12.0. The Balaban J connectivity index is 2.05. The van der Waals surface area contributed by atoms with E-state index in [0.717, 1.165) is 25.9 Å². The van der Waals surface area contributed by atoms with Crippen LogP contribution in [0.1, 0.15) is 29.6 Å². The zero-order valence-electron chi connectivity index (χ0n) is 9.58. The van der Waals surface area contributed by atoms with Crippen molar-refractivity contribution in [1.82, 2.24) is 10.4 Å². The molecule has 3 N–H and O–H groups in total. The number of nitrogen functional groups attached to an aromatic ring is 1. The van der Waals surface area contributed by atoms with Crippen LogP contribution in [0, 0.1) is 0 Å². The number of nitrogens with zero attached hydrogens (tertiary/aromatic N) is 1. The zero-order valence-corrected chi connectivity index (χ0v) is 10.3. The van der Waals surface area contributed by atoms with Crippen LogP contribution in [-0.4, -0.2) is 24.0 Å². The summed E-state index contributed by atoms with van der Waals surface area (Å²) < 4.78 is 0. The van der Waals surface area contributed by atoms with Crippen molar-refractivity contribution in [3.8, 4) is 0 Å². The predicted octanol–water partition coefficient (Wildman–Crippen LogP) is 2.05. The molecular formula is C12H16ClN3O. The average Bonchev–Trinajstić information content (AvgIpc) is 2.33. The minimum absolute atomic E-state index is 0.191. The number of nitrogens with two attached hydrogens (primary N) is 1. The van der Waals surface area contributed by atoms with Crippen LogP contribution in [-0.2, 0) is 0 Å². The van der Waals surface area contributed by atoms with Gasteiger partial charge in [0, 0.05) is 18.8 Å². The number of carbonyl (C=O) groups excluding carboxylic acids is 1. The Bertz CT molecular complexity index is 416. The van der Waals surface area contributed by atoms with Gasteiger partial charge < -0.3 is 5.73 Å². The number of hydrogen-bond donors (Lipinski definition) is 2. The van der Waals surface area contributed by atoms with E-state index in [1.807, 2.05) is 5.01 Å². The van der Waals surface area contributed by atoms with Crippen molar-refractivity contribution in [2.24, 2.45) is 0 Å². The quantitative estimate of drug-likeness (QED) is 0.794. The van der Waals surface area contributed by atoms with Gasteiger partial charge in [-0.3, -0.25) is 10.2 Å². The van der Waals surface area contributed by atoms with Crippen LogP contribution in [0.3, 0.4) is 0 Å². The van der Waals surface area contributed by atoms with Crippen LogP contribution in [0.4, 0.5) is 5.69 Å². The third kappa shape index (κ3) is 3.11. The van der Waals surface area contributed by atoms with Crippen molar-refractivity contribution in [2.75, 3.05) is 18.8 Å². The molecule has 0 aliphatic carbocycles. The van der Waals surface area contributed by atoms with Gasteiger partial charge in [-0.25, -0.2) is 5.01 Å². The lowest BCUT2D eigenvalue weighted by Crippen LogP contribution is -2.45. The van der Waals surface area contributed by atoms with Crippen LogP contribution in [0.5, 0.6) is 0 Å². The largest absolute Gasteiger partial charge is 0.399 e. The van der Waals surface area contributed by atoms with Gasteiger partial charge in [0.2, 0.25) is 0 Å². The van der Waals surface area contributed by atoms with E-state index < -0.39 is 0 Å². The molecule has 5 heteroatoms. The molecule has 2 rings (SSSR count). The highest BCUT2D eigenvalue weighted by Crippen LogP contribution is 2.19. The molecule has 17 heavy (non-hydrogen) atoms. The van der Waals surface area contributed by atoms with Crippen LogP contribution in [0.2, 0.25) is 5.02 Å². The Hall–Kier alpha value is -1.26. The second kappa shape index (κ2) is 5.38. The monoisotopic (exact) mass is 253 g/mol. The molecule has 1 saturated heterocycles. The number of halogens is 1. The van der Waals surface area contributed by atoms with Gasteiger partial charge in [-0.2, -0.15) is 0 Å². The molecule has 1 amide bonds. The van der Waals surface area contributed by atoms with Gasteiger partial charge in [0.15, 0.2) is 0 Å². The summed E-state index contributed by atoms with van der Waals surface area (Å²) in [5.41, 5.74) is 9.47. The molecule has 1 aliphatic rings. The number of hydrazine groups is 1. The smallest absolute Gasteiger partial charge is 0.267 e. The van der Waals surface area contributed by atoms with Crippen molar-refractivity contribution in [3.05, 3.63) is 28.8 Å². The van der Waals surface area contributed by atoms with Crippen molar-refractivity contribution in [2.45, 2.75) is 19.3 Å². The van der Waals surface area contributed by atoms with E-state index in [1.165, 1.54) is 6.42 Å². The van der Waals surface area contributed by atoms with Crippen molar-refractivity contribution < 1.29 is 4.79 Å². The van der Waals surface area contributed by atoms with Gasteiger partial charge in [0.05, 0.1) is 10.6 Å². The highest BCUT2D eigenvalue weighted by Gasteiger charge is 2.16. The van der Waals surface area contributed by atoms with E-state index in [2.05, 4.69) is 5.43 Å². The first-order valence-electron chi connectivity index (χ1n) is 5.78. The molecule has 1 aliphatic heterocycles. The first kappa shape index (κ1) is 12.2. The van der Waals surface area contributed by atoms with Crippen LogP contribution < -0.4 is 11.2 Å². The molecule has 0 unspecified atom stereocenters. The van der Waals surface area contributed by atoms with Gasteiger partial charge >= 0.3 is 0 Å². The van der Waals surface area contributed by atoms with E-state index in [1.54, 1.807) is 18.2 Å². The average molecular weight is 254 g/mol. The molecule has 0 bridgehead atoms. The number of anilines is 1. The summed E-state index contributed by atoms with van der Waals surface area (Å²) >= 11 is 5.97. The molecule has 92 valence electrons. The predicted molar refractivity (Wildman–Crippen MR) is 68.8 cm³/mol. The van der Waals surface area contributed by atoms with Crippen molar-refractivity contribution >= 4 is 23.2 Å². The SMILES string of the molecule is Nc1ccc(Cl)c(C(=O)NN2CCCCC2)c1. The molecule has 0 aromatic heterocycles. The molecule has 1 aromatic carbocycles. The van der Waals surface area contributed by atoms with Crippen molar-refractivity contribution in [1.29, 1.82) is 0 Å². The lowest BCUT2D eigenvalue weighted by molar-refractivity contribution is 0.0750. The Kier molecular flexibility index (Phi) is 3.86. The Morgan fingerprint density at radius 1 is 1.29 bits per heavy atom.